The average molecular weight is 237 g/mol. The Kier molecular flexibility index (Phi) is 4.18. The van der Waals surface area contributed by atoms with Crippen LogP contribution >= 0.6 is 0 Å². The van der Waals surface area contributed by atoms with Gasteiger partial charge in [0.25, 0.3) is 0 Å². The van der Waals surface area contributed by atoms with Gasteiger partial charge in [-0.05, 0) is 68.7 Å². The van der Waals surface area contributed by atoms with Gasteiger partial charge in [-0.2, -0.15) is 0 Å². The fourth-order valence-corrected chi connectivity index (χ4v) is 4.67. The second-order valence-electron chi connectivity index (χ2n) is 7.47. The minimum Gasteiger partial charge on any atom is -0.315 e. The summed E-state index contributed by atoms with van der Waals surface area (Å²) in [5.74, 6) is 3.25. The van der Waals surface area contributed by atoms with Crippen LogP contribution in [-0.2, 0) is 0 Å². The first-order valence-electron chi connectivity index (χ1n) is 7.73. The zero-order valence-corrected chi connectivity index (χ0v) is 12.3. The van der Waals surface area contributed by atoms with Gasteiger partial charge in [0, 0.05) is 6.04 Å². The third-order valence-electron chi connectivity index (χ3n) is 5.11. The lowest BCUT2D eigenvalue weighted by Gasteiger charge is -2.34. The van der Waals surface area contributed by atoms with Crippen LogP contribution in [-0.4, -0.2) is 12.6 Å². The van der Waals surface area contributed by atoms with Gasteiger partial charge in [0.2, 0.25) is 0 Å². The van der Waals surface area contributed by atoms with Crippen molar-refractivity contribution in [2.75, 3.05) is 6.54 Å². The summed E-state index contributed by atoms with van der Waals surface area (Å²) in [4.78, 5) is 0. The van der Waals surface area contributed by atoms with E-state index >= 15 is 0 Å². The molecule has 0 radical (unpaired) electrons. The fraction of sp³-hybridized carbons (Fsp3) is 1.00. The molecule has 0 aromatic carbocycles. The number of fused-ring (bicyclic) bond motifs is 2. The molecule has 2 aliphatic rings. The third-order valence-corrected chi connectivity index (χ3v) is 5.11. The van der Waals surface area contributed by atoms with Crippen molar-refractivity contribution in [3.05, 3.63) is 0 Å². The molecule has 2 rings (SSSR count). The third kappa shape index (κ3) is 3.47. The largest absolute Gasteiger partial charge is 0.315 e. The molecule has 1 heteroatoms. The molecule has 2 saturated carbocycles. The molecule has 0 aliphatic heterocycles. The average Bonchev–Trinajstić information content (AvgIpc) is 2.77. The van der Waals surface area contributed by atoms with E-state index in [1.165, 1.54) is 25.7 Å². The summed E-state index contributed by atoms with van der Waals surface area (Å²) in [6.07, 6.45) is 8.97. The summed E-state index contributed by atoms with van der Waals surface area (Å²) in [5, 5.41) is 3.56. The molecule has 2 bridgehead atoms. The number of hydrogen-bond donors (Lipinski definition) is 1. The van der Waals surface area contributed by atoms with E-state index < -0.39 is 0 Å². The predicted molar refractivity (Wildman–Crippen MR) is 75.1 cm³/mol. The van der Waals surface area contributed by atoms with Crippen molar-refractivity contribution < 1.29 is 0 Å². The van der Waals surface area contributed by atoms with Crippen LogP contribution in [0.15, 0.2) is 0 Å². The van der Waals surface area contributed by atoms with Gasteiger partial charge in [-0.1, -0.05) is 27.2 Å². The summed E-state index contributed by atoms with van der Waals surface area (Å²) in [5.41, 5.74) is 0.525. The first kappa shape index (κ1) is 13.4. The molecule has 4 unspecified atom stereocenters. The van der Waals surface area contributed by atoms with Crippen LogP contribution in [0.1, 0.15) is 66.2 Å². The lowest BCUT2D eigenvalue weighted by atomic mass is 9.73. The van der Waals surface area contributed by atoms with Crippen LogP contribution in [0, 0.1) is 23.2 Å². The quantitative estimate of drug-likeness (QED) is 0.729. The zero-order chi connectivity index (χ0) is 12.5. The normalized spacial score (nSPS) is 34.2. The molecular weight excluding hydrogens is 206 g/mol. The Hall–Kier alpha value is -0.0400. The standard InChI is InChI=1S/C16H31N/c1-5-17-12(2)10-16(3,4)11-15-9-13-6-7-14(15)8-13/h12-15,17H,5-11H2,1-4H3. The van der Waals surface area contributed by atoms with Gasteiger partial charge >= 0.3 is 0 Å². The van der Waals surface area contributed by atoms with E-state index in [0.29, 0.717) is 11.5 Å². The van der Waals surface area contributed by atoms with Crippen LogP contribution in [0.3, 0.4) is 0 Å². The Bertz CT molecular complexity index is 246. The summed E-state index contributed by atoms with van der Waals surface area (Å²) in [6, 6.07) is 0.675. The van der Waals surface area contributed by atoms with Crippen molar-refractivity contribution in [1.29, 1.82) is 0 Å². The van der Waals surface area contributed by atoms with Crippen molar-refractivity contribution in [3.63, 3.8) is 0 Å². The molecule has 4 atom stereocenters. The summed E-state index contributed by atoms with van der Waals surface area (Å²) >= 11 is 0. The Balaban J connectivity index is 1.80. The first-order valence-corrected chi connectivity index (χ1v) is 7.73. The molecule has 2 aliphatic carbocycles. The van der Waals surface area contributed by atoms with Gasteiger partial charge in [-0.15, -0.1) is 0 Å². The lowest BCUT2D eigenvalue weighted by molar-refractivity contribution is 0.182. The second-order valence-corrected chi connectivity index (χ2v) is 7.47. The maximum absolute atomic E-state index is 3.56. The van der Waals surface area contributed by atoms with Crippen molar-refractivity contribution in [2.45, 2.75) is 72.3 Å². The predicted octanol–water partition coefficient (Wildman–Crippen LogP) is 4.23. The molecule has 0 amide bonds. The SMILES string of the molecule is CCNC(C)CC(C)(C)CC1CC2CCC1C2. The zero-order valence-electron chi connectivity index (χ0n) is 12.3. The summed E-state index contributed by atoms with van der Waals surface area (Å²) < 4.78 is 0. The number of rotatable bonds is 6. The number of nitrogens with one attached hydrogen (secondary N) is 1. The lowest BCUT2D eigenvalue weighted by Crippen LogP contribution is -2.32. The molecule has 1 nitrogen and oxygen atoms in total. The maximum atomic E-state index is 3.56. The first-order chi connectivity index (χ1) is 8.00. The van der Waals surface area contributed by atoms with Gasteiger partial charge in [-0.3, -0.25) is 0 Å². The van der Waals surface area contributed by atoms with Gasteiger partial charge in [0.1, 0.15) is 0 Å². The molecule has 17 heavy (non-hydrogen) atoms. The monoisotopic (exact) mass is 237 g/mol. The molecule has 0 spiro atoms. The molecule has 0 aromatic heterocycles. The highest BCUT2D eigenvalue weighted by atomic mass is 14.9. The van der Waals surface area contributed by atoms with Gasteiger partial charge in [0.05, 0.1) is 0 Å². The highest BCUT2D eigenvalue weighted by Gasteiger charge is 2.41. The van der Waals surface area contributed by atoms with E-state index in [-0.39, 0.29) is 0 Å². The van der Waals surface area contributed by atoms with E-state index in [1.807, 2.05) is 0 Å². The molecule has 0 aromatic rings. The van der Waals surface area contributed by atoms with Crippen LogP contribution in [0.5, 0.6) is 0 Å². The van der Waals surface area contributed by atoms with Gasteiger partial charge < -0.3 is 5.32 Å². The highest BCUT2D eigenvalue weighted by Crippen LogP contribution is 2.52. The van der Waals surface area contributed by atoms with Crippen molar-refractivity contribution >= 4 is 0 Å². The van der Waals surface area contributed by atoms with Crippen molar-refractivity contribution in [2.24, 2.45) is 23.2 Å². The van der Waals surface area contributed by atoms with E-state index in [2.05, 4.69) is 33.0 Å². The van der Waals surface area contributed by atoms with Crippen molar-refractivity contribution in [3.8, 4) is 0 Å². The minimum absolute atomic E-state index is 0.525. The Morgan fingerprint density at radius 2 is 2.00 bits per heavy atom. The Morgan fingerprint density at radius 3 is 2.53 bits per heavy atom. The highest BCUT2D eigenvalue weighted by molar-refractivity contribution is 4.92. The molecular formula is C16H31N. The Labute approximate surface area is 108 Å². The number of hydrogen-bond acceptors (Lipinski definition) is 1. The van der Waals surface area contributed by atoms with Gasteiger partial charge in [-0.25, -0.2) is 0 Å². The Morgan fingerprint density at radius 1 is 1.24 bits per heavy atom. The molecule has 0 saturated heterocycles. The van der Waals surface area contributed by atoms with Crippen LogP contribution < -0.4 is 5.32 Å². The topological polar surface area (TPSA) is 12.0 Å². The van der Waals surface area contributed by atoms with Crippen LogP contribution in [0.2, 0.25) is 0 Å². The minimum atomic E-state index is 0.525. The van der Waals surface area contributed by atoms with Gasteiger partial charge in [0.15, 0.2) is 0 Å². The molecule has 0 heterocycles. The molecule has 2 fully saturated rings. The van der Waals surface area contributed by atoms with Crippen LogP contribution in [0.4, 0.5) is 0 Å². The summed E-state index contributed by atoms with van der Waals surface area (Å²) in [6.45, 7) is 10.6. The smallest absolute Gasteiger partial charge is 0.00436 e. The van der Waals surface area contributed by atoms with E-state index in [0.717, 1.165) is 24.3 Å². The fourth-order valence-electron chi connectivity index (χ4n) is 4.67. The maximum Gasteiger partial charge on any atom is 0.00436 e. The van der Waals surface area contributed by atoms with E-state index in [1.54, 1.807) is 12.8 Å². The van der Waals surface area contributed by atoms with E-state index in [4.69, 9.17) is 0 Å². The molecule has 100 valence electrons. The van der Waals surface area contributed by atoms with Crippen LogP contribution in [0.25, 0.3) is 0 Å². The molecule has 1 N–H and O–H groups in total. The summed E-state index contributed by atoms with van der Waals surface area (Å²) in [7, 11) is 0. The van der Waals surface area contributed by atoms with E-state index in [9.17, 15) is 0 Å². The second kappa shape index (κ2) is 5.30. The van der Waals surface area contributed by atoms with Crippen molar-refractivity contribution in [1.82, 2.24) is 5.32 Å².